The molecule has 0 fully saturated rings. The van der Waals surface area contributed by atoms with Crippen LogP contribution < -0.4 is 11.1 Å². The van der Waals surface area contributed by atoms with Crippen LogP contribution >= 0.6 is 24.2 Å². The number of halogens is 4. The molecule has 0 aromatic rings. The summed E-state index contributed by atoms with van der Waals surface area (Å²) in [5, 5.41) is 2.27. The number of alkyl halides is 3. The van der Waals surface area contributed by atoms with E-state index in [1.54, 1.807) is 0 Å². The number of rotatable bonds is 4. The van der Waals surface area contributed by atoms with E-state index in [1.807, 2.05) is 0 Å². The van der Waals surface area contributed by atoms with Crippen molar-refractivity contribution in [3.63, 3.8) is 0 Å². The van der Waals surface area contributed by atoms with Gasteiger partial charge in [0.05, 0.1) is 6.04 Å². The molecule has 0 saturated heterocycles. The topological polar surface area (TPSA) is 55.1 Å². The Balaban J connectivity index is 0. The van der Waals surface area contributed by atoms with Gasteiger partial charge >= 0.3 is 5.51 Å². The molecule has 3 nitrogen and oxygen atoms in total. The van der Waals surface area contributed by atoms with Gasteiger partial charge in [0.2, 0.25) is 5.91 Å². The standard InChI is InChI=1S/C6H11F3N2OS.ClH/c1-4(10)5(12)11-2-3-13-6(7,8)9;/h4H,2-3,10H2,1H3,(H,11,12);1H. The number of nitrogens with one attached hydrogen (secondary N) is 1. The lowest BCUT2D eigenvalue weighted by atomic mass is 10.3. The van der Waals surface area contributed by atoms with Crippen LogP contribution in [0.3, 0.4) is 0 Å². The number of hydrogen-bond acceptors (Lipinski definition) is 3. The molecule has 0 aliphatic rings. The molecule has 0 heterocycles. The highest BCUT2D eigenvalue weighted by atomic mass is 35.5. The van der Waals surface area contributed by atoms with Gasteiger partial charge in [0.25, 0.3) is 0 Å². The van der Waals surface area contributed by atoms with E-state index in [4.69, 9.17) is 5.73 Å². The number of carbonyl (C=O) groups excluding carboxylic acids is 1. The lowest BCUT2D eigenvalue weighted by Gasteiger charge is -2.08. The Kier molecular flexibility index (Phi) is 8.37. The van der Waals surface area contributed by atoms with E-state index in [2.05, 4.69) is 5.32 Å². The van der Waals surface area contributed by atoms with E-state index in [0.29, 0.717) is 0 Å². The smallest absolute Gasteiger partial charge is 0.354 e. The molecule has 14 heavy (non-hydrogen) atoms. The molecule has 3 N–H and O–H groups in total. The number of carbonyl (C=O) groups is 1. The second kappa shape index (κ2) is 7.19. The van der Waals surface area contributed by atoms with Crippen LogP contribution in [0.5, 0.6) is 0 Å². The molecule has 0 bridgehead atoms. The second-order valence-corrected chi connectivity index (χ2v) is 3.53. The average Bonchev–Trinajstić information content (AvgIpc) is 1.95. The van der Waals surface area contributed by atoms with E-state index < -0.39 is 17.5 Å². The SMILES string of the molecule is CC(N)C(=O)NCCSC(F)(F)F.Cl. The molecule has 86 valence electrons. The van der Waals surface area contributed by atoms with E-state index in [9.17, 15) is 18.0 Å². The monoisotopic (exact) mass is 252 g/mol. The van der Waals surface area contributed by atoms with Crippen LogP contribution in [0.15, 0.2) is 0 Å². The summed E-state index contributed by atoms with van der Waals surface area (Å²) in [6.45, 7) is 1.44. The molecule has 1 amide bonds. The molecule has 0 saturated carbocycles. The van der Waals surface area contributed by atoms with Gasteiger partial charge in [-0.3, -0.25) is 4.79 Å². The molecule has 1 unspecified atom stereocenters. The Labute approximate surface area is 90.4 Å². The zero-order chi connectivity index (χ0) is 10.5. The van der Waals surface area contributed by atoms with Gasteiger partial charge in [0, 0.05) is 12.3 Å². The van der Waals surface area contributed by atoms with Gasteiger partial charge in [-0.25, -0.2) is 0 Å². The first kappa shape index (κ1) is 16.3. The summed E-state index contributed by atoms with van der Waals surface area (Å²) in [5.74, 6) is -0.634. The molecular formula is C6H12ClF3N2OS. The summed E-state index contributed by atoms with van der Waals surface area (Å²) in [7, 11) is 0. The van der Waals surface area contributed by atoms with Gasteiger partial charge in [-0.2, -0.15) is 13.2 Å². The summed E-state index contributed by atoms with van der Waals surface area (Å²) in [6.07, 6.45) is 0. The third-order valence-electron chi connectivity index (χ3n) is 1.08. The van der Waals surface area contributed by atoms with Crippen LogP contribution in [-0.2, 0) is 4.79 Å². The maximum atomic E-state index is 11.6. The maximum Gasteiger partial charge on any atom is 0.441 e. The summed E-state index contributed by atoms with van der Waals surface area (Å²) in [5.41, 5.74) is 0.926. The number of thioether (sulfide) groups is 1. The summed E-state index contributed by atoms with van der Waals surface area (Å²) >= 11 is -0.168. The molecular weight excluding hydrogens is 241 g/mol. The quantitative estimate of drug-likeness (QED) is 0.738. The minimum Gasteiger partial charge on any atom is -0.354 e. The molecule has 0 radical (unpaired) electrons. The zero-order valence-corrected chi connectivity index (χ0v) is 9.06. The molecule has 0 aliphatic heterocycles. The lowest BCUT2D eigenvalue weighted by Crippen LogP contribution is -2.39. The van der Waals surface area contributed by atoms with Crippen molar-refractivity contribution >= 4 is 30.1 Å². The minimum absolute atomic E-state index is 0. The molecule has 0 aliphatic carbocycles. The molecule has 0 rings (SSSR count). The first-order valence-corrected chi connectivity index (χ1v) is 4.55. The normalized spacial score (nSPS) is 12.9. The van der Waals surface area contributed by atoms with E-state index in [-0.39, 0.29) is 36.5 Å². The van der Waals surface area contributed by atoms with Gasteiger partial charge in [-0.1, -0.05) is 0 Å². The highest BCUT2D eigenvalue weighted by Gasteiger charge is 2.27. The van der Waals surface area contributed by atoms with Crippen molar-refractivity contribution in [2.24, 2.45) is 5.73 Å². The minimum atomic E-state index is -4.24. The Morgan fingerprint density at radius 1 is 1.57 bits per heavy atom. The van der Waals surface area contributed by atoms with Gasteiger partial charge in [0.15, 0.2) is 0 Å². The Morgan fingerprint density at radius 3 is 2.43 bits per heavy atom. The number of hydrogen-bond donors (Lipinski definition) is 2. The van der Waals surface area contributed by atoms with Crippen molar-refractivity contribution in [1.29, 1.82) is 0 Å². The Bertz CT molecular complexity index is 177. The van der Waals surface area contributed by atoms with Gasteiger partial charge in [-0.15, -0.1) is 12.4 Å². The molecule has 0 aromatic heterocycles. The van der Waals surface area contributed by atoms with Crippen molar-refractivity contribution in [3.8, 4) is 0 Å². The molecule has 0 aromatic carbocycles. The first-order valence-electron chi connectivity index (χ1n) is 3.57. The van der Waals surface area contributed by atoms with Gasteiger partial charge < -0.3 is 11.1 Å². The highest BCUT2D eigenvalue weighted by Crippen LogP contribution is 2.29. The van der Waals surface area contributed by atoms with E-state index in [1.165, 1.54) is 6.92 Å². The lowest BCUT2D eigenvalue weighted by molar-refractivity contribution is -0.121. The van der Waals surface area contributed by atoms with E-state index >= 15 is 0 Å². The van der Waals surface area contributed by atoms with Gasteiger partial charge in [0.1, 0.15) is 0 Å². The van der Waals surface area contributed by atoms with Gasteiger partial charge in [-0.05, 0) is 18.7 Å². The third-order valence-corrected chi connectivity index (χ3v) is 1.82. The Morgan fingerprint density at radius 2 is 2.07 bits per heavy atom. The van der Waals surface area contributed by atoms with Crippen LogP contribution in [0, 0.1) is 0 Å². The summed E-state index contributed by atoms with van der Waals surface area (Å²) in [4.78, 5) is 10.7. The van der Waals surface area contributed by atoms with Crippen molar-refractivity contribution in [2.75, 3.05) is 12.3 Å². The fraction of sp³-hybridized carbons (Fsp3) is 0.833. The second-order valence-electron chi connectivity index (χ2n) is 2.37. The average molecular weight is 253 g/mol. The van der Waals surface area contributed by atoms with Crippen molar-refractivity contribution in [2.45, 2.75) is 18.5 Å². The van der Waals surface area contributed by atoms with E-state index in [0.717, 1.165) is 0 Å². The predicted octanol–water partition coefficient (Wildman–Crippen LogP) is 1.12. The van der Waals surface area contributed by atoms with Crippen LogP contribution in [0.25, 0.3) is 0 Å². The Hall–Kier alpha value is -0.140. The zero-order valence-electron chi connectivity index (χ0n) is 7.43. The van der Waals surface area contributed by atoms with Crippen LogP contribution in [0.1, 0.15) is 6.92 Å². The number of amides is 1. The predicted molar refractivity (Wildman–Crippen MR) is 52.4 cm³/mol. The molecule has 8 heteroatoms. The largest absolute Gasteiger partial charge is 0.441 e. The fourth-order valence-corrected chi connectivity index (χ4v) is 0.938. The highest BCUT2D eigenvalue weighted by molar-refractivity contribution is 8.00. The molecule has 0 spiro atoms. The summed E-state index contributed by atoms with van der Waals surface area (Å²) < 4.78 is 34.7. The first-order chi connectivity index (χ1) is 5.83. The molecule has 1 atom stereocenters. The van der Waals surface area contributed by atoms with Crippen molar-refractivity contribution in [1.82, 2.24) is 5.32 Å². The van der Waals surface area contributed by atoms with Crippen LogP contribution in [-0.4, -0.2) is 29.8 Å². The number of nitrogens with two attached hydrogens (primary N) is 1. The van der Waals surface area contributed by atoms with Crippen LogP contribution in [0.2, 0.25) is 0 Å². The fourth-order valence-electron chi connectivity index (χ4n) is 0.502. The third kappa shape index (κ3) is 9.94. The van der Waals surface area contributed by atoms with Crippen molar-refractivity contribution in [3.05, 3.63) is 0 Å². The van der Waals surface area contributed by atoms with Crippen molar-refractivity contribution < 1.29 is 18.0 Å². The summed E-state index contributed by atoms with van der Waals surface area (Å²) in [6, 6.07) is -0.684. The maximum absolute atomic E-state index is 11.6. The van der Waals surface area contributed by atoms with Crippen LogP contribution in [0.4, 0.5) is 13.2 Å².